The SMILES string of the molecule is Cc1ocnc1C(=O)NC(C)C(O)c1ccc(Cl)cc1. The van der Waals surface area contributed by atoms with Crippen LogP contribution in [0.5, 0.6) is 0 Å². The molecule has 6 heteroatoms. The van der Waals surface area contributed by atoms with Crippen LogP contribution in [0.2, 0.25) is 5.02 Å². The van der Waals surface area contributed by atoms with Gasteiger partial charge in [-0.3, -0.25) is 4.79 Å². The lowest BCUT2D eigenvalue weighted by Gasteiger charge is -2.20. The maximum atomic E-state index is 12.0. The van der Waals surface area contributed by atoms with E-state index in [9.17, 15) is 9.90 Å². The van der Waals surface area contributed by atoms with Crippen LogP contribution in [-0.4, -0.2) is 22.0 Å². The summed E-state index contributed by atoms with van der Waals surface area (Å²) in [5, 5.41) is 13.5. The Morgan fingerprint density at radius 1 is 1.40 bits per heavy atom. The summed E-state index contributed by atoms with van der Waals surface area (Å²) in [6, 6.07) is 6.35. The quantitative estimate of drug-likeness (QED) is 0.908. The molecule has 2 N–H and O–H groups in total. The minimum atomic E-state index is -0.830. The lowest BCUT2D eigenvalue weighted by atomic mass is 10.0. The van der Waals surface area contributed by atoms with Gasteiger partial charge in [-0.25, -0.2) is 4.98 Å². The van der Waals surface area contributed by atoms with E-state index in [1.807, 2.05) is 0 Å². The largest absolute Gasteiger partial charge is 0.448 e. The van der Waals surface area contributed by atoms with Crippen molar-refractivity contribution in [1.82, 2.24) is 10.3 Å². The van der Waals surface area contributed by atoms with Gasteiger partial charge in [-0.05, 0) is 31.5 Å². The van der Waals surface area contributed by atoms with Crippen molar-refractivity contribution < 1.29 is 14.3 Å². The maximum Gasteiger partial charge on any atom is 0.273 e. The fourth-order valence-electron chi connectivity index (χ4n) is 1.83. The number of amides is 1. The Morgan fingerprint density at radius 3 is 2.60 bits per heavy atom. The highest BCUT2D eigenvalue weighted by molar-refractivity contribution is 6.30. The van der Waals surface area contributed by atoms with Crippen LogP contribution in [0, 0.1) is 6.92 Å². The van der Waals surface area contributed by atoms with E-state index in [0.29, 0.717) is 16.3 Å². The molecule has 0 saturated heterocycles. The topological polar surface area (TPSA) is 75.4 Å². The highest BCUT2D eigenvalue weighted by Gasteiger charge is 2.21. The summed E-state index contributed by atoms with van der Waals surface area (Å²) >= 11 is 5.80. The van der Waals surface area contributed by atoms with Crippen molar-refractivity contribution in [2.75, 3.05) is 0 Å². The summed E-state index contributed by atoms with van der Waals surface area (Å²) in [5.41, 5.74) is 0.902. The third kappa shape index (κ3) is 3.18. The number of halogens is 1. The molecule has 2 atom stereocenters. The molecule has 2 rings (SSSR count). The van der Waals surface area contributed by atoms with Gasteiger partial charge in [0.05, 0.1) is 12.1 Å². The summed E-state index contributed by atoms with van der Waals surface area (Å²) < 4.78 is 4.98. The van der Waals surface area contributed by atoms with Gasteiger partial charge in [-0.1, -0.05) is 23.7 Å². The van der Waals surface area contributed by atoms with Crippen LogP contribution in [0.4, 0.5) is 0 Å². The number of aliphatic hydroxyl groups excluding tert-OH is 1. The molecular formula is C14H15ClN2O3. The van der Waals surface area contributed by atoms with Crippen molar-refractivity contribution in [1.29, 1.82) is 0 Å². The molecule has 0 saturated carbocycles. The van der Waals surface area contributed by atoms with Gasteiger partial charge in [0, 0.05) is 5.02 Å². The number of oxazole rings is 1. The molecule has 0 fully saturated rings. The number of hydrogen-bond donors (Lipinski definition) is 2. The van der Waals surface area contributed by atoms with E-state index in [2.05, 4.69) is 10.3 Å². The molecule has 0 radical (unpaired) electrons. The molecule has 0 bridgehead atoms. The number of aromatic nitrogens is 1. The fraction of sp³-hybridized carbons (Fsp3) is 0.286. The molecule has 1 heterocycles. The van der Waals surface area contributed by atoms with Gasteiger partial charge in [-0.15, -0.1) is 0 Å². The van der Waals surface area contributed by atoms with Gasteiger partial charge in [-0.2, -0.15) is 0 Å². The summed E-state index contributed by atoms with van der Waals surface area (Å²) in [6.45, 7) is 3.37. The molecular weight excluding hydrogens is 280 g/mol. The van der Waals surface area contributed by atoms with Gasteiger partial charge in [0.2, 0.25) is 0 Å². The zero-order valence-corrected chi connectivity index (χ0v) is 11.9. The number of hydrogen-bond acceptors (Lipinski definition) is 4. The number of nitrogens with zero attached hydrogens (tertiary/aromatic N) is 1. The van der Waals surface area contributed by atoms with E-state index >= 15 is 0 Å². The van der Waals surface area contributed by atoms with E-state index in [4.69, 9.17) is 16.0 Å². The molecule has 1 aromatic heterocycles. The van der Waals surface area contributed by atoms with Gasteiger partial charge in [0.25, 0.3) is 5.91 Å². The van der Waals surface area contributed by atoms with Crippen molar-refractivity contribution in [2.45, 2.75) is 26.0 Å². The Bertz CT molecular complexity index is 595. The Hall–Kier alpha value is -1.85. The Kier molecular flexibility index (Phi) is 4.42. The summed E-state index contributed by atoms with van der Waals surface area (Å²) in [7, 11) is 0. The Morgan fingerprint density at radius 2 is 2.05 bits per heavy atom. The number of rotatable bonds is 4. The first-order chi connectivity index (χ1) is 9.49. The molecule has 0 aliphatic carbocycles. The van der Waals surface area contributed by atoms with Crippen LogP contribution >= 0.6 is 11.6 Å². The van der Waals surface area contributed by atoms with Crippen LogP contribution in [-0.2, 0) is 0 Å². The third-order valence-corrected chi connectivity index (χ3v) is 3.26. The van der Waals surface area contributed by atoms with E-state index in [1.54, 1.807) is 38.1 Å². The molecule has 2 unspecified atom stereocenters. The Balaban J connectivity index is 2.04. The number of carbonyl (C=O) groups is 1. The van der Waals surface area contributed by atoms with Gasteiger partial charge in [0.1, 0.15) is 5.76 Å². The zero-order valence-electron chi connectivity index (χ0n) is 11.1. The molecule has 0 aliphatic heterocycles. The number of carbonyl (C=O) groups excluding carboxylic acids is 1. The molecule has 20 heavy (non-hydrogen) atoms. The minimum absolute atomic E-state index is 0.222. The lowest BCUT2D eigenvalue weighted by Crippen LogP contribution is -2.37. The van der Waals surface area contributed by atoms with E-state index < -0.39 is 12.1 Å². The van der Waals surface area contributed by atoms with E-state index in [0.717, 1.165) is 0 Å². The lowest BCUT2D eigenvalue weighted by molar-refractivity contribution is 0.0846. The minimum Gasteiger partial charge on any atom is -0.448 e. The third-order valence-electron chi connectivity index (χ3n) is 3.00. The van der Waals surface area contributed by atoms with E-state index in [-0.39, 0.29) is 11.6 Å². The maximum absolute atomic E-state index is 12.0. The van der Waals surface area contributed by atoms with Crippen molar-refractivity contribution in [2.24, 2.45) is 0 Å². The van der Waals surface area contributed by atoms with Crippen LogP contribution < -0.4 is 5.32 Å². The molecule has 0 aliphatic rings. The molecule has 1 amide bonds. The highest BCUT2D eigenvalue weighted by Crippen LogP contribution is 2.19. The standard InChI is InChI=1S/C14H15ClN2O3/c1-8(13(18)10-3-5-11(15)6-4-10)17-14(19)12-9(2)20-7-16-12/h3-8,13,18H,1-2H3,(H,17,19). The molecule has 5 nitrogen and oxygen atoms in total. The second kappa shape index (κ2) is 6.07. The fourth-order valence-corrected chi connectivity index (χ4v) is 1.95. The first kappa shape index (κ1) is 14.6. The zero-order chi connectivity index (χ0) is 14.7. The van der Waals surface area contributed by atoms with Crippen LogP contribution in [0.25, 0.3) is 0 Å². The van der Waals surface area contributed by atoms with Gasteiger partial charge >= 0.3 is 0 Å². The van der Waals surface area contributed by atoms with Crippen molar-refractivity contribution in [3.63, 3.8) is 0 Å². The Labute approximate surface area is 121 Å². The number of aliphatic hydroxyl groups is 1. The van der Waals surface area contributed by atoms with Crippen LogP contribution in [0.1, 0.15) is 34.8 Å². The predicted octanol–water partition coefficient (Wildman–Crippen LogP) is 2.49. The first-order valence-corrected chi connectivity index (χ1v) is 6.51. The van der Waals surface area contributed by atoms with Gasteiger partial charge < -0.3 is 14.8 Å². The monoisotopic (exact) mass is 294 g/mol. The smallest absolute Gasteiger partial charge is 0.273 e. The first-order valence-electron chi connectivity index (χ1n) is 6.13. The predicted molar refractivity (Wildman–Crippen MR) is 74.6 cm³/mol. The normalized spacial score (nSPS) is 13.8. The average molecular weight is 295 g/mol. The second-order valence-corrected chi connectivity index (χ2v) is 4.95. The second-order valence-electron chi connectivity index (χ2n) is 4.52. The van der Waals surface area contributed by atoms with Crippen molar-refractivity contribution in [3.05, 3.63) is 52.7 Å². The number of nitrogens with one attached hydrogen (secondary N) is 1. The summed E-state index contributed by atoms with van der Waals surface area (Å²) in [6.07, 6.45) is 0.383. The van der Waals surface area contributed by atoms with Crippen LogP contribution in [0.3, 0.4) is 0 Å². The van der Waals surface area contributed by atoms with E-state index in [1.165, 1.54) is 6.39 Å². The molecule has 106 valence electrons. The molecule has 2 aromatic rings. The van der Waals surface area contributed by atoms with Gasteiger partial charge in [0.15, 0.2) is 12.1 Å². The van der Waals surface area contributed by atoms with Crippen molar-refractivity contribution in [3.8, 4) is 0 Å². The van der Waals surface area contributed by atoms with Crippen LogP contribution in [0.15, 0.2) is 35.1 Å². The van der Waals surface area contributed by atoms with Crippen molar-refractivity contribution >= 4 is 17.5 Å². The average Bonchev–Trinajstić information content (AvgIpc) is 2.85. The number of aryl methyl sites for hydroxylation is 1. The molecule has 0 spiro atoms. The summed E-state index contributed by atoms with van der Waals surface area (Å²) in [4.78, 5) is 15.8. The molecule has 1 aromatic carbocycles. The summed E-state index contributed by atoms with van der Waals surface area (Å²) in [5.74, 6) is 0.0625. The highest BCUT2D eigenvalue weighted by atomic mass is 35.5. The number of benzene rings is 1.